The standard InChI is InChI=1S/C23H28BrN3O4S.C2HF3O2/c1-25-12-10-16(11-13-25)26(2)23(28)19-15-27(21-7-5-4-6-18(19)21)32(29,30)17-8-9-22(31-3)20(24)14-17;3-2(4,5)1(6)7/h4-9,14,16,19H,10-13,15H2,1-3H3;(H,6,7). The van der Waals surface area contributed by atoms with Crippen molar-refractivity contribution in [2.45, 2.75) is 35.9 Å². The molecule has 1 atom stereocenters. The number of amides is 1. The number of fused-ring (bicyclic) bond motifs is 1. The van der Waals surface area contributed by atoms with Crippen LogP contribution in [0, 0.1) is 0 Å². The Labute approximate surface area is 233 Å². The number of anilines is 1. The van der Waals surface area contributed by atoms with Gasteiger partial charge in [-0.2, -0.15) is 13.2 Å². The molecule has 214 valence electrons. The molecule has 0 radical (unpaired) electrons. The zero-order chi connectivity index (χ0) is 29.1. The van der Waals surface area contributed by atoms with Crippen LogP contribution < -0.4 is 9.04 Å². The molecule has 0 aromatic heterocycles. The molecule has 2 aromatic rings. The Morgan fingerprint density at radius 3 is 2.26 bits per heavy atom. The minimum atomic E-state index is -5.08. The molecule has 2 aromatic carbocycles. The molecule has 39 heavy (non-hydrogen) atoms. The lowest BCUT2D eigenvalue weighted by Gasteiger charge is -2.36. The fourth-order valence-electron chi connectivity index (χ4n) is 4.55. The van der Waals surface area contributed by atoms with Gasteiger partial charge in [-0.1, -0.05) is 18.2 Å². The van der Waals surface area contributed by atoms with E-state index >= 15 is 0 Å². The number of sulfonamides is 1. The van der Waals surface area contributed by atoms with Crippen molar-refractivity contribution < 1.29 is 41.0 Å². The van der Waals surface area contributed by atoms with Crippen molar-refractivity contribution in [2.75, 3.05) is 45.1 Å². The Morgan fingerprint density at radius 1 is 1.13 bits per heavy atom. The highest BCUT2D eigenvalue weighted by Crippen LogP contribution is 2.41. The summed E-state index contributed by atoms with van der Waals surface area (Å²) >= 11 is 3.37. The fraction of sp³-hybridized carbons (Fsp3) is 0.440. The summed E-state index contributed by atoms with van der Waals surface area (Å²) in [7, 11) is 1.61. The first kappa shape index (κ1) is 30.7. The van der Waals surface area contributed by atoms with Crippen LogP contribution in [-0.2, 0) is 19.6 Å². The summed E-state index contributed by atoms with van der Waals surface area (Å²) in [6, 6.07) is 12.2. The van der Waals surface area contributed by atoms with Crippen LogP contribution in [0.1, 0.15) is 24.3 Å². The number of benzene rings is 2. The Morgan fingerprint density at radius 2 is 1.72 bits per heavy atom. The van der Waals surface area contributed by atoms with Crippen molar-refractivity contribution in [2.24, 2.45) is 0 Å². The van der Waals surface area contributed by atoms with E-state index in [0.29, 0.717) is 15.9 Å². The third-order valence-corrected chi connectivity index (χ3v) is 9.16. The van der Waals surface area contributed by atoms with E-state index < -0.39 is 28.1 Å². The Kier molecular flexibility index (Phi) is 9.55. The molecule has 1 amide bonds. The number of carboxylic acid groups (broad SMARTS) is 1. The molecule has 1 unspecified atom stereocenters. The third-order valence-electron chi connectivity index (χ3n) is 6.76. The molecule has 14 heteroatoms. The van der Waals surface area contributed by atoms with Crippen LogP contribution in [0.4, 0.5) is 18.9 Å². The maximum absolute atomic E-state index is 13.6. The highest BCUT2D eigenvalue weighted by Gasteiger charge is 2.42. The maximum atomic E-state index is 13.6. The molecule has 0 spiro atoms. The van der Waals surface area contributed by atoms with E-state index in [9.17, 15) is 26.4 Å². The second-order valence-electron chi connectivity index (χ2n) is 9.23. The van der Waals surface area contributed by atoms with Crippen LogP contribution in [0.2, 0.25) is 0 Å². The van der Waals surface area contributed by atoms with E-state index in [1.165, 1.54) is 23.5 Å². The number of carboxylic acids is 1. The number of alkyl halides is 3. The number of methoxy groups -OCH3 is 1. The van der Waals surface area contributed by atoms with Gasteiger partial charge < -0.3 is 19.6 Å². The monoisotopic (exact) mass is 635 g/mol. The highest BCUT2D eigenvalue weighted by molar-refractivity contribution is 9.10. The topological polar surface area (TPSA) is 107 Å². The maximum Gasteiger partial charge on any atom is 0.490 e. The highest BCUT2D eigenvalue weighted by atomic mass is 79.9. The second kappa shape index (κ2) is 12.1. The van der Waals surface area contributed by atoms with Gasteiger partial charge in [-0.15, -0.1) is 0 Å². The van der Waals surface area contributed by atoms with Crippen molar-refractivity contribution in [3.8, 4) is 5.75 Å². The number of likely N-dealkylation sites (tertiary alicyclic amines) is 1. The van der Waals surface area contributed by atoms with Gasteiger partial charge in [0.05, 0.1) is 34.6 Å². The molecule has 1 saturated heterocycles. The lowest BCUT2D eigenvalue weighted by atomic mass is 9.97. The zero-order valence-corrected chi connectivity index (χ0v) is 23.9. The number of piperidine rings is 1. The van der Waals surface area contributed by atoms with E-state index in [-0.39, 0.29) is 23.4 Å². The predicted molar refractivity (Wildman–Crippen MR) is 141 cm³/mol. The lowest BCUT2D eigenvalue weighted by molar-refractivity contribution is -0.192. The van der Waals surface area contributed by atoms with E-state index in [1.54, 1.807) is 18.2 Å². The molecule has 2 heterocycles. The van der Waals surface area contributed by atoms with E-state index in [1.807, 2.05) is 24.1 Å². The molecule has 1 fully saturated rings. The van der Waals surface area contributed by atoms with Crippen molar-refractivity contribution >= 4 is 43.5 Å². The normalized spacial score (nSPS) is 18.1. The van der Waals surface area contributed by atoms with Crippen molar-refractivity contribution in [3.63, 3.8) is 0 Å². The molecule has 0 aliphatic carbocycles. The third kappa shape index (κ3) is 6.84. The number of halogens is 4. The number of hydrogen-bond acceptors (Lipinski definition) is 6. The minimum Gasteiger partial charge on any atom is -0.496 e. The fourth-order valence-corrected chi connectivity index (χ4v) is 6.78. The van der Waals surface area contributed by atoms with Gasteiger partial charge in [0, 0.05) is 13.1 Å². The summed E-state index contributed by atoms with van der Waals surface area (Å²) in [6.45, 7) is 2.01. The van der Waals surface area contributed by atoms with Gasteiger partial charge in [0.2, 0.25) is 5.91 Å². The smallest absolute Gasteiger partial charge is 0.490 e. The summed E-state index contributed by atoms with van der Waals surface area (Å²) in [6.07, 6.45) is -3.23. The number of carbonyl (C=O) groups excluding carboxylic acids is 1. The number of hydrogen-bond donors (Lipinski definition) is 1. The van der Waals surface area contributed by atoms with E-state index in [0.717, 1.165) is 31.5 Å². The summed E-state index contributed by atoms with van der Waals surface area (Å²) in [4.78, 5) is 26.6. The van der Waals surface area contributed by atoms with Crippen molar-refractivity contribution in [1.82, 2.24) is 9.80 Å². The molecule has 9 nitrogen and oxygen atoms in total. The Balaban J connectivity index is 0.000000532. The molecule has 2 aliphatic heterocycles. The average molecular weight is 636 g/mol. The molecule has 2 aliphatic rings. The van der Waals surface area contributed by atoms with Crippen LogP contribution in [0.15, 0.2) is 51.8 Å². The van der Waals surface area contributed by atoms with Crippen LogP contribution in [-0.4, -0.2) is 88.3 Å². The van der Waals surface area contributed by atoms with E-state index in [4.69, 9.17) is 14.6 Å². The number of nitrogens with zero attached hydrogens (tertiary/aromatic N) is 3. The first-order valence-electron chi connectivity index (χ1n) is 11.9. The summed E-state index contributed by atoms with van der Waals surface area (Å²) in [5, 5.41) is 7.12. The first-order valence-corrected chi connectivity index (χ1v) is 14.1. The van der Waals surface area contributed by atoms with Gasteiger partial charge in [0.25, 0.3) is 10.0 Å². The SMILES string of the molecule is COc1ccc(S(=O)(=O)N2CC(C(=O)N(C)C3CCN(C)CC3)c3ccccc32)cc1Br.O=C(O)C(F)(F)F. The Bertz CT molecular complexity index is 1320. The number of ether oxygens (including phenoxy) is 1. The van der Waals surface area contributed by atoms with E-state index in [2.05, 4.69) is 27.9 Å². The number of para-hydroxylation sites is 1. The first-order chi connectivity index (χ1) is 18.2. The zero-order valence-electron chi connectivity index (χ0n) is 21.5. The number of aliphatic carboxylic acids is 1. The van der Waals surface area contributed by atoms with Crippen LogP contribution in [0.5, 0.6) is 5.75 Å². The second-order valence-corrected chi connectivity index (χ2v) is 11.9. The molecule has 0 bridgehead atoms. The van der Waals surface area contributed by atoms with Crippen LogP contribution in [0.3, 0.4) is 0 Å². The average Bonchev–Trinajstić information content (AvgIpc) is 3.28. The van der Waals surface area contributed by atoms with Crippen molar-refractivity contribution in [3.05, 3.63) is 52.5 Å². The van der Waals surface area contributed by atoms with Gasteiger partial charge in [-0.25, -0.2) is 13.2 Å². The molecule has 1 N–H and O–H groups in total. The predicted octanol–water partition coefficient (Wildman–Crippen LogP) is 3.94. The molecular weight excluding hydrogens is 607 g/mol. The lowest BCUT2D eigenvalue weighted by Crippen LogP contribution is -2.46. The van der Waals surface area contributed by atoms with Crippen molar-refractivity contribution in [1.29, 1.82) is 0 Å². The summed E-state index contributed by atoms with van der Waals surface area (Å²) in [5.41, 5.74) is 1.32. The van der Waals surface area contributed by atoms with Gasteiger partial charge in [0.15, 0.2) is 0 Å². The number of likely N-dealkylation sites (N-methyl/N-ethyl adjacent to an activating group) is 1. The quantitative estimate of drug-likeness (QED) is 0.530. The van der Waals surface area contributed by atoms with Gasteiger partial charge >= 0.3 is 12.1 Å². The number of carbonyl (C=O) groups is 2. The summed E-state index contributed by atoms with van der Waals surface area (Å²) in [5.74, 6) is -2.75. The number of rotatable bonds is 5. The summed E-state index contributed by atoms with van der Waals surface area (Å²) < 4.78 is 66.0. The molecule has 4 rings (SSSR count). The van der Waals surface area contributed by atoms with Crippen LogP contribution in [0.25, 0.3) is 0 Å². The molecular formula is C25H29BrF3N3O6S. The molecule has 0 saturated carbocycles. The van der Waals surface area contributed by atoms with Gasteiger partial charge in [0.1, 0.15) is 5.75 Å². The van der Waals surface area contributed by atoms with Crippen LogP contribution >= 0.6 is 15.9 Å². The minimum absolute atomic E-state index is 0.0272. The Hall–Kier alpha value is -2.84. The largest absolute Gasteiger partial charge is 0.496 e. The van der Waals surface area contributed by atoms with Gasteiger partial charge in [-0.3, -0.25) is 9.10 Å². The van der Waals surface area contributed by atoms with Gasteiger partial charge in [-0.05, 0) is 78.7 Å².